The van der Waals surface area contributed by atoms with Crippen LogP contribution in [0.5, 0.6) is 0 Å². The number of thiophene rings is 1. The molecule has 2 rings (SSSR count). The minimum Gasteiger partial charge on any atom is -0.366 e. The van der Waals surface area contributed by atoms with Crippen molar-refractivity contribution in [3.63, 3.8) is 0 Å². The summed E-state index contributed by atoms with van der Waals surface area (Å²) in [6.45, 7) is 0. The summed E-state index contributed by atoms with van der Waals surface area (Å²) < 4.78 is 27.3. The van der Waals surface area contributed by atoms with E-state index in [0.29, 0.717) is 4.47 Å². The average molecular weight is 361 g/mol. The number of benzene rings is 1. The van der Waals surface area contributed by atoms with Gasteiger partial charge < -0.3 is 5.73 Å². The number of rotatable bonds is 4. The lowest BCUT2D eigenvalue weighted by molar-refractivity contribution is 0.100. The van der Waals surface area contributed by atoms with Gasteiger partial charge in [0, 0.05) is 4.47 Å². The van der Waals surface area contributed by atoms with Crippen molar-refractivity contribution in [1.82, 2.24) is 0 Å². The van der Waals surface area contributed by atoms with Crippen LogP contribution < -0.4 is 10.5 Å². The molecule has 0 saturated heterocycles. The molecule has 1 aromatic heterocycles. The fourth-order valence-electron chi connectivity index (χ4n) is 1.40. The fraction of sp³-hybridized carbons (Fsp3) is 0. The highest BCUT2D eigenvalue weighted by molar-refractivity contribution is 9.10. The second-order valence-electron chi connectivity index (χ2n) is 3.59. The van der Waals surface area contributed by atoms with Crippen molar-refractivity contribution in [2.45, 2.75) is 4.90 Å². The van der Waals surface area contributed by atoms with E-state index in [4.69, 9.17) is 5.73 Å². The molecule has 0 bridgehead atoms. The zero-order chi connectivity index (χ0) is 14.0. The van der Waals surface area contributed by atoms with E-state index in [1.54, 1.807) is 17.5 Å². The first-order valence-electron chi connectivity index (χ1n) is 5.06. The van der Waals surface area contributed by atoms with Gasteiger partial charge in [0.2, 0.25) is 0 Å². The Kier molecular flexibility index (Phi) is 3.93. The van der Waals surface area contributed by atoms with Gasteiger partial charge in [0.15, 0.2) is 0 Å². The number of hydrogen-bond donors (Lipinski definition) is 2. The Morgan fingerprint density at radius 3 is 2.68 bits per heavy atom. The van der Waals surface area contributed by atoms with Gasteiger partial charge in [-0.25, -0.2) is 8.42 Å². The lowest BCUT2D eigenvalue weighted by atomic mass is 10.3. The van der Waals surface area contributed by atoms with E-state index >= 15 is 0 Å². The topological polar surface area (TPSA) is 89.3 Å². The second-order valence-corrected chi connectivity index (χ2v) is 7.10. The molecule has 0 unspecified atom stereocenters. The molecule has 3 N–H and O–H groups in total. The van der Waals surface area contributed by atoms with Crippen LogP contribution in [0.15, 0.2) is 45.1 Å². The number of anilines is 1. The smallest absolute Gasteiger partial charge is 0.262 e. The third-order valence-electron chi connectivity index (χ3n) is 2.26. The summed E-state index contributed by atoms with van der Waals surface area (Å²) in [5, 5.41) is 1.81. The number of carbonyl (C=O) groups excluding carboxylic acids is 1. The minimum absolute atomic E-state index is 0.102. The number of carbonyl (C=O) groups is 1. The Hall–Kier alpha value is -1.38. The van der Waals surface area contributed by atoms with Crippen LogP contribution in [-0.2, 0) is 10.0 Å². The first-order chi connectivity index (χ1) is 8.90. The molecule has 1 aromatic carbocycles. The molecule has 19 heavy (non-hydrogen) atoms. The summed E-state index contributed by atoms with van der Waals surface area (Å²) in [6, 6.07) is 7.75. The maximum atomic E-state index is 12.1. The van der Waals surface area contributed by atoms with Crippen molar-refractivity contribution in [3.8, 4) is 0 Å². The SMILES string of the molecule is NC(=O)c1ccsc1NS(=O)(=O)c1cccc(Br)c1. The van der Waals surface area contributed by atoms with Gasteiger partial charge in [-0.2, -0.15) is 0 Å². The lowest BCUT2D eigenvalue weighted by Gasteiger charge is -2.07. The van der Waals surface area contributed by atoms with Gasteiger partial charge in [-0.15, -0.1) is 11.3 Å². The third kappa shape index (κ3) is 3.14. The molecule has 0 aliphatic heterocycles. The molecule has 8 heteroatoms. The summed E-state index contributed by atoms with van der Waals surface area (Å²) >= 11 is 4.31. The molecule has 100 valence electrons. The van der Waals surface area contributed by atoms with Crippen LogP contribution in [-0.4, -0.2) is 14.3 Å². The van der Waals surface area contributed by atoms with Crippen LogP contribution in [0.3, 0.4) is 0 Å². The number of nitrogens with one attached hydrogen (secondary N) is 1. The monoisotopic (exact) mass is 360 g/mol. The number of sulfonamides is 1. The Labute approximate surface area is 122 Å². The van der Waals surface area contributed by atoms with Crippen molar-refractivity contribution in [1.29, 1.82) is 0 Å². The molecule has 0 aliphatic carbocycles. The molecule has 1 heterocycles. The van der Waals surface area contributed by atoms with Crippen LogP contribution in [0.25, 0.3) is 0 Å². The molecular formula is C11H9BrN2O3S2. The van der Waals surface area contributed by atoms with Gasteiger partial charge >= 0.3 is 0 Å². The van der Waals surface area contributed by atoms with Gasteiger partial charge in [-0.1, -0.05) is 22.0 Å². The van der Waals surface area contributed by atoms with Crippen molar-refractivity contribution in [3.05, 3.63) is 45.7 Å². The maximum Gasteiger partial charge on any atom is 0.262 e. The summed E-state index contributed by atoms with van der Waals surface area (Å²) in [4.78, 5) is 11.2. The Bertz CT molecular complexity index is 725. The molecule has 1 amide bonds. The van der Waals surface area contributed by atoms with Crippen LogP contribution in [0.1, 0.15) is 10.4 Å². The van der Waals surface area contributed by atoms with Crippen molar-refractivity contribution in [2.24, 2.45) is 5.73 Å². The predicted octanol–water partition coefficient (Wildman–Crippen LogP) is 2.41. The Morgan fingerprint density at radius 1 is 1.32 bits per heavy atom. The van der Waals surface area contributed by atoms with Crippen LogP contribution in [0.4, 0.5) is 5.00 Å². The van der Waals surface area contributed by atoms with Crippen LogP contribution in [0, 0.1) is 0 Å². The highest BCUT2D eigenvalue weighted by Gasteiger charge is 2.18. The molecule has 0 spiro atoms. The fourth-order valence-corrected chi connectivity index (χ4v) is 4.12. The highest BCUT2D eigenvalue weighted by Crippen LogP contribution is 2.26. The number of amides is 1. The summed E-state index contributed by atoms with van der Waals surface area (Å²) in [5.41, 5.74) is 5.32. The lowest BCUT2D eigenvalue weighted by Crippen LogP contribution is -2.16. The van der Waals surface area contributed by atoms with E-state index in [9.17, 15) is 13.2 Å². The van der Waals surface area contributed by atoms with E-state index < -0.39 is 15.9 Å². The molecule has 0 saturated carbocycles. The normalized spacial score (nSPS) is 11.2. The van der Waals surface area contributed by atoms with Gasteiger partial charge in [0.1, 0.15) is 5.00 Å². The number of halogens is 1. The highest BCUT2D eigenvalue weighted by atomic mass is 79.9. The Morgan fingerprint density at radius 2 is 2.05 bits per heavy atom. The van der Waals surface area contributed by atoms with E-state index in [0.717, 1.165) is 11.3 Å². The second kappa shape index (κ2) is 5.32. The maximum absolute atomic E-state index is 12.1. The molecule has 0 aliphatic rings. The van der Waals surface area contributed by atoms with Crippen LogP contribution in [0.2, 0.25) is 0 Å². The standard InChI is InChI=1S/C11H9BrN2O3S2/c12-7-2-1-3-8(6-7)19(16,17)14-11-9(10(13)15)4-5-18-11/h1-6,14H,(H2,13,15). The zero-order valence-electron chi connectivity index (χ0n) is 9.46. The number of nitrogens with two attached hydrogens (primary N) is 1. The van der Waals surface area contributed by atoms with Crippen molar-refractivity contribution >= 4 is 48.2 Å². The van der Waals surface area contributed by atoms with E-state index in [-0.39, 0.29) is 15.5 Å². The Balaban J connectivity index is 2.37. The summed E-state index contributed by atoms with van der Waals surface area (Å²) in [6.07, 6.45) is 0. The van der Waals surface area contributed by atoms with Gasteiger partial charge in [0.25, 0.3) is 15.9 Å². The van der Waals surface area contributed by atoms with Gasteiger partial charge in [-0.05, 0) is 29.6 Å². The molecule has 0 fully saturated rings. The number of primary amides is 1. The number of hydrogen-bond acceptors (Lipinski definition) is 4. The largest absolute Gasteiger partial charge is 0.366 e. The van der Waals surface area contributed by atoms with Gasteiger partial charge in [-0.3, -0.25) is 9.52 Å². The molecule has 0 atom stereocenters. The quantitative estimate of drug-likeness (QED) is 0.876. The zero-order valence-corrected chi connectivity index (χ0v) is 12.7. The first kappa shape index (κ1) is 14.0. The molecule has 5 nitrogen and oxygen atoms in total. The first-order valence-corrected chi connectivity index (χ1v) is 8.21. The van der Waals surface area contributed by atoms with Crippen molar-refractivity contribution < 1.29 is 13.2 Å². The predicted molar refractivity (Wildman–Crippen MR) is 77.8 cm³/mol. The molecule has 2 aromatic rings. The average Bonchev–Trinajstić information content (AvgIpc) is 2.76. The van der Waals surface area contributed by atoms with E-state index in [1.807, 2.05) is 0 Å². The minimum atomic E-state index is -3.74. The summed E-state index contributed by atoms with van der Waals surface area (Å²) in [7, 11) is -3.74. The van der Waals surface area contributed by atoms with Crippen molar-refractivity contribution in [2.75, 3.05) is 4.72 Å². The van der Waals surface area contributed by atoms with Gasteiger partial charge in [0.05, 0.1) is 10.5 Å². The van der Waals surface area contributed by atoms with E-state index in [1.165, 1.54) is 18.2 Å². The molecule has 0 radical (unpaired) electrons. The van der Waals surface area contributed by atoms with Crippen LogP contribution >= 0.6 is 27.3 Å². The molecular weight excluding hydrogens is 352 g/mol. The summed E-state index contributed by atoms with van der Waals surface area (Å²) in [5.74, 6) is -0.673. The third-order valence-corrected chi connectivity index (χ3v) is 5.06. The van der Waals surface area contributed by atoms with E-state index in [2.05, 4.69) is 20.7 Å².